The van der Waals surface area contributed by atoms with Gasteiger partial charge in [0.05, 0.1) is 24.2 Å². The van der Waals surface area contributed by atoms with Crippen molar-refractivity contribution in [3.63, 3.8) is 0 Å². The quantitative estimate of drug-likeness (QED) is 0.483. The molecule has 0 saturated heterocycles. The SMILES string of the molecule is CCn1c(CN(c2ccccc2)S(C)(=O)=O)nnc1SCC(=O)Nc1ncc(C)s1. The molecule has 1 aromatic carbocycles. The molecule has 1 N–H and O–H groups in total. The van der Waals surface area contributed by atoms with E-state index in [1.807, 2.05) is 24.5 Å². The molecular formula is C18H22N6O3S3. The van der Waals surface area contributed by atoms with Crippen molar-refractivity contribution < 1.29 is 13.2 Å². The molecule has 0 fully saturated rings. The summed E-state index contributed by atoms with van der Waals surface area (Å²) in [4.78, 5) is 17.3. The van der Waals surface area contributed by atoms with E-state index in [-0.39, 0.29) is 18.2 Å². The predicted octanol–water partition coefficient (Wildman–Crippen LogP) is 2.76. The van der Waals surface area contributed by atoms with Crippen LogP contribution in [0, 0.1) is 6.92 Å². The minimum Gasteiger partial charge on any atom is -0.305 e. The summed E-state index contributed by atoms with van der Waals surface area (Å²) in [6.07, 6.45) is 2.86. The Balaban J connectivity index is 1.72. The zero-order chi connectivity index (χ0) is 21.7. The van der Waals surface area contributed by atoms with Gasteiger partial charge in [0.2, 0.25) is 15.9 Å². The molecule has 1 amide bonds. The van der Waals surface area contributed by atoms with Crippen molar-refractivity contribution in [3.05, 3.63) is 47.2 Å². The van der Waals surface area contributed by atoms with E-state index >= 15 is 0 Å². The van der Waals surface area contributed by atoms with Gasteiger partial charge in [-0.15, -0.1) is 21.5 Å². The number of sulfonamides is 1. The van der Waals surface area contributed by atoms with Crippen LogP contribution < -0.4 is 9.62 Å². The highest BCUT2D eigenvalue weighted by molar-refractivity contribution is 7.99. The van der Waals surface area contributed by atoms with Gasteiger partial charge in [0.25, 0.3) is 0 Å². The average Bonchev–Trinajstić information content (AvgIpc) is 3.29. The van der Waals surface area contributed by atoms with Crippen LogP contribution in [0.25, 0.3) is 0 Å². The Kier molecular flexibility index (Phi) is 7.10. The van der Waals surface area contributed by atoms with E-state index in [4.69, 9.17) is 0 Å². The molecule has 0 bridgehead atoms. The largest absolute Gasteiger partial charge is 0.305 e. The zero-order valence-electron chi connectivity index (χ0n) is 16.8. The fourth-order valence-electron chi connectivity index (χ4n) is 2.68. The van der Waals surface area contributed by atoms with Gasteiger partial charge in [-0.3, -0.25) is 9.10 Å². The number of aryl methyl sites for hydroxylation is 1. The average molecular weight is 467 g/mol. The molecule has 3 aromatic rings. The molecule has 30 heavy (non-hydrogen) atoms. The van der Waals surface area contributed by atoms with Crippen LogP contribution in [-0.4, -0.2) is 46.1 Å². The van der Waals surface area contributed by atoms with E-state index in [9.17, 15) is 13.2 Å². The van der Waals surface area contributed by atoms with Crippen LogP contribution in [0.3, 0.4) is 0 Å². The van der Waals surface area contributed by atoms with Gasteiger partial charge in [0, 0.05) is 17.6 Å². The maximum Gasteiger partial charge on any atom is 0.236 e. The highest BCUT2D eigenvalue weighted by Crippen LogP contribution is 2.23. The summed E-state index contributed by atoms with van der Waals surface area (Å²) in [5, 5.41) is 12.2. The van der Waals surface area contributed by atoms with Gasteiger partial charge in [-0.25, -0.2) is 13.4 Å². The Bertz CT molecular complexity index is 1110. The van der Waals surface area contributed by atoms with Gasteiger partial charge in [0.15, 0.2) is 16.1 Å². The number of benzene rings is 1. The van der Waals surface area contributed by atoms with Gasteiger partial charge in [-0.1, -0.05) is 30.0 Å². The molecule has 0 aliphatic rings. The lowest BCUT2D eigenvalue weighted by molar-refractivity contribution is -0.113. The first-order valence-electron chi connectivity index (χ1n) is 9.08. The van der Waals surface area contributed by atoms with Gasteiger partial charge in [0.1, 0.15) is 0 Å². The van der Waals surface area contributed by atoms with E-state index in [1.165, 1.54) is 27.4 Å². The summed E-state index contributed by atoms with van der Waals surface area (Å²) in [6.45, 7) is 4.43. The first kappa shape index (κ1) is 22.2. The number of hydrogen-bond donors (Lipinski definition) is 1. The number of carbonyl (C=O) groups is 1. The normalized spacial score (nSPS) is 11.4. The van der Waals surface area contributed by atoms with Crippen molar-refractivity contribution in [1.29, 1.82) is 0 Å². The van der Waals surface area contributed by atoms with Crippen LogP contribution in [0.5, 0.6) is 0 Å². The first-order valence-corrected chi connectivity index (χ1v) is 12.7. The number of carbonyl (C=O) groups excluding carboxylic acids is 1. The van der Waals surface area contributed by atoms with E-state index in [0.29, 0.717) is 28.3 Å². The van der Waals surface area contributed by atoms with Gasteiger partial charge in [-0.05, 0) is 26.0 Å². The Labute approximate surface area is 183 Å². The summed E-state index contributed by atoms with van der Waals surface area (Å²) in [5.41, 5.74) is 0.554. The fourth-order valence-corrected chi connectivity index (χ4v) is 5.04. The highest BCUT2D eigenvalue weighted by atomic mass is 32.2. The lowest BCUT2D eigenvalue weighted by Gasteiger charge is -2.22. The number of anilines is 2. The number of amides is 1. The summed E-state index contributed by atoms with van der Waals surface area (Å²) < 4.78 is 27.8. The van der Waals surface area contributed by atoms with Crippen LogP contribution in [0.4, 0.5) is 10.8 Å². The van der Waals surface area contributed by atoms with Gasteiger partial charge < -0.3 is 9.88 Å². The molecule has 2 heterocycles. The maximum absolute atomic E-state index is 12.3. The maximum atomic E-state index is 12.3. The molecule has 0 radical (unpaired) electrons. The molecule has 0 aliphatic carbocycles. The Morgan fingerprint density at radius 3 is 2.60 bits per heavy atom. The fraction of sp³-hybridized carbons (Fsp3) is 0.333. The lowest BCUT2D eigenvalue weighted by Crippen LogP contribution is -2.30. The smallest absolute Gasteiger partial charge is 0.236 e. The predicted molar refractivity (Wildman–Crippen MR) is 119 cm³/mol. The molecule has 12 heteroatoms. The van der Waals surface area contributed by atoms with Crippen molar-refractivity contribution in [2.24, 2.45) is 0 Å². The van der Waals surface area contributed by atoms with Crippen molar-refractivity contribution in [2.45, 2.75) is 32.1 Å². The first-order chi connectivity index (χ1) is 14.3. The lowest BCUT2D eigenvalue weighted by atomic mass is 10.3. The molecule has 2 aromatic heterocycles. The van der Waals surface area contributed by atoms with Crippen LogP contribution in [0.2, 0.25) is 0 Å². The summed E-state index contributed by atoms with van der Waals surface area (Å²) in [5.74, 6) is 0.458. The molecule has 3 rings (SSSR count). The Hall–Kier alpha value is -2.44. The highest BCUT2D eigenvalue weighted by Gasteiger charge is 2.22. The van der Waals surface area contributed by atoms with E-state index in [2.05, 4.69) is 20.5 Å². The molecule has 0 unspecified atom stereocenters. The van der Waals surface area contributed by atoms with Crippen molar-refractivity contribution >= 4 is 49.8 Å². The van der Waals surface area contributed by atoms with E-state index < -0.39 is 10.0 Å². The molecular weight excluding hydrogens is 444 g/mol. The number of thiazole rings is 1. The van der Waals surface area contributed by atoms with Gasteiger partial charge >= 0.3 is 0 Å². The zero-order valence-corrected chi connectivity index (χ0v) is 19.2. The van der Waals surface area contributed by atoms with Gasteiger partial charge in [-0.2, -0.15) is 0 Å². The number of nitrogens with zero attached hydrogens (tertiary/aromatic N) is 5. The van der Waals surface area contributed by atoms with Crippen LogP contribution in [0.1, 0.15) is 17.6 Å². The molecule has 9 nitrogen and oxygen atoms in total. The van der Waals surface area contributed by atoms with Crippen LogP contribution in [-0.2, 0) is 27.9 Å². The van der Waals surface area contributed by atoms with Crippen LogP contribution >= 0.6 is 23.1 Å². The number of aromatic nitrogens is 4. The monoisotopic (exact) mass is 466 g/mol. The summed E-state index contributed by atoms with van der Waals surface area (Å²) >= 11 is 2.65. The Morgan fingerprint density at radius 1 is 1.27 bits per heavy atom. The number of hydrogen-bond acceptors (Lipinski definition) is 8. The summed E-state index contributed by atoms with van der Waals surface area (Å²) in [7, 11) is -3.51. The third-order valence-electron chi connectivity index (χ3n) is 4.04. The van der Waals surface area contributed by atoms with Crippen LogP contribution in [0.15, 0.2) is 41.7 Å². The van der Waals surface area contributed by atoms with E-state index in [1.54, 1.807) is 30.5 Å². The molecule has 0 aliphatic heterocycles. The second kappa shape index (κ2) is 9.58. The minimum absolute atomic E-state index is 0.0504. The number of thioether (sulfide) groups is 1. The third kappa shape index (κ3) is 5.58. The molecule has 0 spiro atoms. The second-order valence-electron chi connectivity index (χ2n) is 6.36. The topological polar surface area (TPSA) is 110 Å². The minimum atomic E-state index is -3.51. The molecule has 160 valence electrons. The van der Waals surface area contributed by atoms with Crippen molar-refractivity contribution in [1.82, 2.24) is 19.7 Å². The standard InChI is InChI=1S/C18H22N6O3S3/c1-4-23-15(11-24(30(3,26)27)14-8-6-5-7-9-14)21-22-18(23)28-12-16(25)20-17-19-10-13(2)29-17/h5-10H,4,11-12H2,1-3H3,(H,19,20,25). The number of rotatable bonds is 9. The number of nitrogens with one attached hydrogen (secondary N) is 1. The second-order valence-corrected chi connectivity index (χ2v) is 10.4. The van der Waals surface area contributed by atoms with Crippen molar-refractivity contribution in [2.75, 3.05) is 21.6 Å². The van der Waals surface area contributed by atoms with Crippen molar-refractivity contribution in [3.8, 4) is 0 Å². The van der Waals surface area contributed by atoms with E-state index in [0.717, 1.165) is 11.1 Å². The molecule has 0 saturated carbocycles. The third-order valence-corrected chi connectivity index (χ3v) is 6.97. The Morgan fingerprint density at radius 2 is 2.00 bits per heavy atom. The number of para-hydroxylation sites is 1. The molecule has 0 atom stereocenters. The summed E-state index contributed by atoms with van der Waals surface area (Å²) in [6, 6.07) is 8.84.